The highest BCUT2D eigenvalue weighted by Gasteiger charge is 2.19. The number of rotatable bonds is 7. The quantitative estimate of drug-likeness (QED) is 0.748. The second-order valence-electron chi connectivity index (χ2n) is 5.49. The van der Waals surface area contributed by atoms with Crippen molar-refractivity contribution < 1.29 is 23.8 Å². The predicted octanol–water partition coefficient (Wildman–Crippen LogP) is 3.47. The molecule has 0 aliphatic rings. The van der Waals surface area contributed by atoms with Crippen molar-refractivity contribution in [1.29, 1.82) is 0 Å². The summed E-state index contributed by atoms with van der Waals surface area (Å²) in [5.74, 6) is 0.107. The minimum absolute atomic E-state index is 0.0370. The summed E-state index contributed by atoms with van der Waals surface area (Å²) in [7, 11) is 3.03. The van der Waals surface area contributed by atoms with Crippen LogP contribution in [0.25, 0.3) is 0 Å². The van der Waals surface area contributed by atoms with Crippen LogP contribution in [0.15, 0.2) is 42.5 Å². The molecule has 138 valence electrons. The van der Waals surface area contributed by atoms with E-state index in [0.717, 1.165) is 5.56 Å². The van der Waals surface area contributed by atoms with E-state index in [2.05, 4.69) is 5.32 Å². The monoisotopic (exact) mass is 377 g/mol. The third-order valence-corrected chi connectivity index (χ3v) is 3.81. The fourth-order valence-corrected chi connectivity index (χ4v) is 2.43. The van der Waals surface area contributed by atoms with Gasteiger partial charge in [0.2, 0.25) is 0 Å². The van der Waals surface area contributed by atoms with Gasteiger partial charge in [0.1, 0.15) is 11.5 Å². The Hall–Kier alpha value is -2.73. The van der Waals surface area contributed by atoms with Gasteiger partial charge in [0.05, 0.1) is 26.3 Å². The molecule has 2 rings (SSSR count). The highest BCUT2D eigenvalue weighted by Crippen LogP contribution is 2.27. The standard InChI is InChI=1S/C19H20ClNO5/c1-12(19(23)21-16-11-14(20)7-8-17(16)25-3)26-18(22)10-13-5-4-6-15(9-13)24-2/h4-9,11-12H,10H2,1-3H3,(H,21,23)/t12-/m1/s1. The van der Waals surface area contributed by atoms with Crippen molar-refractivity contribution in [1.82, 2.24) is 0 Å². The van der Waals surface area contributed by atoms with Crippen LogP contribution in [-0.2, 0) is 20.7 Å². The first-order valence-electron chi connectivity index (χ1n) is 7.89. The maximum Gasteiger partial charge on any atom is 0.311 e. The number of amides is 1. The molecule has 0 bridgehead atoms. The molecule has 2 aromatic carbocycles. The molecular weight excluding hydrogens is 358 g/mol. The molecule has 2 aromatic rings. The minimum atomic E-state index is -0.975. The lowest BCUT2D eigenvalue weighted by molar-refractivity contribution is -0.152. The largest absolute Gasteiger partial charge is 0.497 e. The van der Waals surface area contributed by atoms with Gasteiger partial charge in [0.25, 0.3) is 5.91 Å². The molecule has 0 aliphatic carbocycles. The third kappa shape index (κ3) is 5.39. The number of nitrogens with one attached hydrogen (secondary N) is 1. The van der Waals surface area contributed by atoms with E-state index >= 15 is 0 Å². The molecule has 26 heavy (non-hydrogen) atoms. The zero-order chi connectivity index (χ0) is 19.1. The number of hydrogen-bond acceptors (Lipinski definition) is 5. The van der Waals surface area contributed by atoms with Gasteiger partial charge >= 0.3 is 5.97 Å². The molecule has 0 heterocycles. The first-order valence-corrected chi connectivity index (χ1v) is 8.27. The molecule has 7 heteroatoms. The van der Waals surface area contributed by atoms with Crippen LogP contribution in [0.2, 0.25) is 5.02 Å². The zero-order valence-corrected chi connectivity index (χ0v) is 15.5. The Kier molecular flexibility index (Phi) is 6.86. The highest BCUT2D eigenvalue weighted by molar-refractivity contribution is 6.31. The Morgan fingerprint density at radius 3 is 2.58 bits per heavy atom. The van der Waals surface area contributed by atoms with E-state index in [1.54, 1.807) is 49.6 Å². The number of ether oxygens (including phenoxy) is 3. The summed E-state index contributed by atoms with van der Waals surface area (Å²) in [5, 5.41) is 3.09. The predicted molar refractivity (Wildman–Crippen MR) is 98.9 cm³/mol. The number of hydrogen-bond donors (Lipinski definition) is 1. The molecular formula is C19H20ClNO5. The second-order valence-corrected chi connectivity index (χ2v) is 5.93. The molecule has 0 unspecified atom stereocenters. The molecule has 1 amide bonds. The van der Waals surface area contributed by atoms with Crippen LogP contribution < -0.4 is 14.8 Å². The van der Waals surface area contributed by atoms with Crippen molar-refractivity contribution in [3.05, 3.63) is 53.1 Å². The summed E-state index contributed by atoms with van der Waals surface area (Å²) in [4.78, 5) is 24.3. The van der Waals surface area contributed by atoms with Crippen molar-refractivity contribution in [3.63, 3.8) is 0 Å². The first-order chi connectivity index (χ1) is 12.4. The zero-order valence-electron chi connectivity index (χ0n) is 14.7. The summed E-state index contributed by atoms with van der Waals surface area (Å²) < 4.78 is 15.5. The van der Waals surface area contributed by atoms with Crippen LogP contribution in [0.5, 0.6) is 11.5 Å². The van der Waals surface area contributed by atoms with Gasteiger partial charge in [-0.25, -0.2) is 0 Å². The van der Waals surface area contributed by atoms with Crippen LogP contribution in [0.1, 0.15) is 12.5 Å². The van der Waals surface area contributed by atoms with Crippen LogP contribution in [-0.4, -0.2) is 32.2 Å². The van der Waals surface area contributed by atoms with Gasteiger partial charge in [0.15, 0.2) is 6.10 Å². The van der Waals surface area contributed by atoms with Gasteiger partial charge in [-0.15, -0.1) is 0 Å². The van der Waals surface area contributed by atoms with Crippen LogP contribution in [0, 0.1) is 0 Å². The number of carbonyl (C=O) groups is 2. The summed E-state index contributed by atoms with van der Waals surface area (Å²) in [5.41, 5.74) is 1.14. The summed E-state index contributed by atoms with van der Waals surface area (Å²) in [6.45, 7) is 1.50. The summed E-state index contributed by atoms with van der Waals surface area (Å²) in [6.07, 6.45) is -0.938. The van der Waals surface area contributed by atoms with E-state index in [9.17, 15) is 9.59 Å². The van der Waals surface area contributed by atoms with E-state index in [4.69, 9.17) is 25.8 Å². The number of esters is 1. The molecule has 6 nitrogen and oxygen atoms in total. The Balaban J connectivity index is 1.96. The van der Waals surface area contributed by atoms with Crippen LogP contribution in [0.3, 0.4) is 0 Å². The lowest BCUT2D eigenvalue weighted by Gasteiger charge is -2.15. The fraction of sp³-hybridized carbons (Fsp3) is 0.263. The Morgan fingerprint density at radius 2 is 1.88 bits per heavy atom. The Bertz CT molecular complexity index is 793. The van der Waals surface area contributed by atoms with E-state index in [1.807, 2.05) is 0 Å². The first kappa shape index (κ1) is 19.6. The van der Waals surface area contributed by atoms with Crippen molar-refractivity contribution >= 4 is 29.2 Å². The van der Waals surface area contributed by atoms with Gasteiger partial charge in [-0.1, -0.05) is 23.7 Å². The van der Waals surface area contributed by atoms with Crippen molar-refractivity contribution in [2.24, 2.45) is 0 Å². The minimum Gasteiger partial charge on any atom is -0.497 e. The maximum absolute atomic E-state index is 12.3. The fourth-order valence-electron chi connectivity index (χ4n) is 2.25. The molecule has 1 atom stereocenters. The van der Waals surface area contributed by atoms with Crippen molar-refractivity contribution in [3.8, 4) is 11.5 Å². The van der Waals surface area contributed by atoms with Crippen molar-refractivity contribution in [2.75, 3.05) is 19.5 Å². The molecule has 0 aliphatic heterocycles. The SMILES string of the molecule is COc1cccc(CC(=O)O[C@H](C)C(=O)Nc2cc(Cl)ccc2OC)c1. The average molecular weight is 378 g/mol. The topological polar surface area (TPSA) is 73.9 Å². The van der Waals surface area contributed by atoms with Gasteiger partial charge in [-0.05, 0) is 42.8 Å². The Morgan fingerprint density at radius 1 is 1.12 bits per heavy atom. The maximum atomic E-state index is 12.3. The number of methoxy groups -OCH3 is 2. The average Bonchev–Trinajstić information content (AvgIpc) is 2.61. The van der Waals surface area contributed by atoms with E-state index in [-0.39, 0.29) is 6.42 Å². The molecule has 1 N–H and O–H groups in total. The molecule has 0 aromatic heterocycles. The smallest absolute Gasteiger partial charge is 0.311 e. The van der Waals surface area contributed by atoms with E-state index in [1.165, 1.54) is 14.0 Å². The lowest BCUT2D eigenvalue weighted by atomic mass is 10.1. The lowest BCUT2D eigenvalue weighted by Crippen LogP contribution is -2.30. The third-order valence-electron chi connectivity index (χ3n) is 3.58. The number of carbonyl (C=O) groups excluding carboxylic acids is 2. The van der Waals surface area contributed by atoms with Crippen LogP contribution in [0.4, 0.5) is 5.69 Å². The Labute approximate surface area is 157 Å². The van der Waals surface area contributed by atoms with Gasteiger partial charge in [-0.3, -0.25) is 9.59 Å². The van der Waals surface area contributed by atoms with Gasteiger partial charge < -0.3 is 19.5 Å². The van der Waals surface area contributed by atoms with E-state index in [0.29, 0.717) is 22.2 Å². The highest BCUT2D eigenvalue weighted by atomic mass is 35.5. The normalized spacial score (nSPS) is 11.4. The number of halogens is 1. The van der Waals surface area contributed by atoms with E-state index < -0.39 is 18.0 Å². The molecule has 0 saturated heterocycles. The van der Waals surface area contributed by atoms with Crippen LogP contribution >= 0.6 is 11.6 Å². The second kappa shape index (κ2) is 9.10. The summed E-state index contributed by atoms with van der Waals surface area (Å²) in [6, 6.07) is 11.9. The van der Waals surface area contributed by atoms with Gasteiger partial charge in [0, 0.05) is 5.02 Å². The summed E-state index contributed by atoms with van der Waals surface area (Å²) >= 11 is 5.93. The molecule has 0 spiro atoms. The number of benzene rings is 2. The van der Waals surface area contributed by atoms with Crippen molar-refractivity contribution in [2.45, 2.75) is 19.4 Å². The number of anilines is 1. The molecule has 0 saturated carbocycles. The van der Waals surface area contributed by atoms with Gasteiger partial charge in [-0.2, -0.15) is 0 Å². The molecule has 0 fully saturated rings. The molecule has 0 radical (unpaired) electrons.